The molecule has 0 saturated carbocycles. The lowest BCUT2D eigenvalue weighted by Gasteiger charge is -2.12. The van der Waals surface area contributed by atoms with Gasteiger partial charge in [0.1, 0.15) is 23.6 Å². The van der Waals surface area contributed by atoms with Gasteiger partial charge in [0.05, 0.1) is 23.7 Å². The van der Waals surface area contributed by atoms with Gasteiger partial charge >= 0.3 is 0 Å². The number of carbonyl (C=O) groups is 1. The lowest BCUT2D eigenvalue weighted by atomic mass is 10.2. The van der Waals surface area contributed by atoms with Gasteiger partial charge in [-0.2, -0.15) is 0 Å². The maximum absolute atomic E-state index is 12.2. The van der Waals surface area contributed by atoms with Gasteiger partial charge in [0.2, 0.25) is 5.91 Å². The van der Waals surface area contributed by atoms with Crippen LogP contribution in [0.1, 0.15) is 11.4 Å². The van der Waals surface area contributed by atoms with E-state index in [2.05, 4.69) is 37.3 Å². The maximum Gasteiger partial charge on any atom is 0.248 e. The van der Waals surface area contributed by atoms with Gasteiger partial charge in [0.15, 0.2) is 5.76 Å². The van der Waals surface area contributed by atoms with Gasteiger partial charge in [-0.15, -0.1) is 0 Å². The molecule has 0 fully saturated rings. The molecule has 4 rings (SSSR count). The summed E-state index contributed by atoms with van der Waals surface area (Å²) in [5, 5.41) is 10.5. The summed E-state index contributed by atoms with van der Waals surface area (Å²) >= 11 is 6.46. The number of benzene rings is 1. The van der Waals surface area contributed by atoms with Crippen molar-refractivity contribution in [2.24, 2.45) is 0 Å². The number of nitrogens with zero attached hydrogens (tertiary/aromatic N) is 5. The summed E-state index contributed by atoms with van der Waals surface area (Å²) in [4.78, 5) is 26.8. The SMILES string of the molecule is C=C(CN(C)C)C(=O)NCc1cc(-c2cncnc2Nc2ccc(OCCc3ccccn3)c(Cl)c2)on1. The van der Waals surface area contributed by atoms with Gasteiger partial charge in [-0.1, -0.05) is 29.4 Å². The number of nitrogens with one attached hydrogen (secondary N) is 2. The van der Waals surface area contributed by atoms with E-state index in [-0.39, 0.29) is 12.5 Å². The number of likely N-dealkylation sites (N-methyl/N-ethyl adjacent to an activating group) is 1. The number of pyridine rings is 1. The highest BCUT2D eigenvalue weighted by Crippen LogP contribution is 2.32. The monoisotopic (exact) mass is 533 g/mol. The number of amides is 1. The van der Waals surface area contributed by atoms with Gasteiger partial charge in [0, 0.05) is 48.4 Å². The molecule has 0 radical (unpaired) electrons. The summed E-state index contributed by atoms with van der Waals surface area (Å²) < 4.78 is 11.3. The molecule has 0 spiro atoms. The lowest BCUT2D eigenvalue weighted by Crippen LogP contribution is -2.29. The molecule has 10 nitrogen and oxygen atoms in total. The van der Waals surface area contributed by atoms with Gasteiger partial charge in [-0.3, -0.25) is 9.78 Å². The molecule has 0 atom stereocenters. The van der Waals surface area contributed by atoms with E-state index in [1.165, 1.54) is 6.33 Å². The third kappa shape index (κ3) is 7.37. The Morgan fingerprint density at radius 3 is 2.79 bits per heavy atom. The van der Waals surface area contributed by atoms with Crippen LogP contribution in [0.25, 0.3) is 11.3 Å². The van der Waals surface area contributed by atoms with Crippen LogP contribution < -0.4 is 15.4 Å². The number of anilines is 2. The molecule has 1 aromatic carbocycles. The van der Waals surface area contributed by atoms with Crippen molar-refractivity contribution >= 4 is 29.0 Å². The highest BCUT2D eigenvalue weighted by Gasteiger charge is 2.15. The Morgan fingerprint density at radius 2 is 2.03 bits per heavy atom. The molecule has 3 heterocycles. The Bertz CT molecular complexity index is 1390. The average Bonchev–Trinajstić information content (AvgIpc) is 3.38. The predicted molar refractivity (Wildman–Crippen MR) is 145 cm³/mol. The Balaban J connectivity index is 1.38. The van der Waals surface area contributed by atoms with Crippen molar-refractivity contribution in [3.8, 4) is 17.1 Å². The van der Waals surface area contributed by atoms with Crippen LogP contribution in [-0.2, 0) is 17.8 Å². The second-order valence-corrected chi connectivity index (χ2v) is 9.09. The van der Waals surface area contributed by atoms with Crippen molar-refractivity contribution < 1.29 is 14.1 Å². The number of carbonyl (C=O) groups excluding carboxylic acids is 1. The Hall–Kier alpha value is -4.28. The minimum atomic E-state index is -0.241. The maximum atomic E-state index is 12.2. The Morgan fingerprint density at radius 1 is 1.16 bits per heavy atom. The first-order chi connectivity index (χ1) is 18.4. The zero-order valence-electron chi connectivity index (χ0n) is 21.1. The minimum Gasteiger partial charge on any atom is -0.492 e. The van der Waals surface area contributed by atoms with Crippen LogP contribution in [0.5, 0.6) is 5.75 Å². The molecular formula is C27H28ClN7O3. The minimum absolute atomic E-state index is 0.197. The first-order valence-electron chi connectivity index (χ1n) is 11.8. The molecule has 4 aromatic rings. The smallest absolute Gasteiger partial charge is 0.248 e. The fourth-order valence-corrected chi connectivity index (χ4v) is 3.76. The molecule has 0 saturated heterocycles. The number of hydrogen-bond acceptors (Lipinski definition) is 9. The fraction of sp³-hybridized carbons (Fsp3) is 0.222. The van der Waals surface area contributed by atoms with Crippen LogP contribution in [0.4, 0.5) is 11.5 Å². The number of ether oxygens (including phenoxy) is 1. The summed E-state index contributed by atoms with van der Waals surface area (Å²) in [5.41, 5.74) is 3.27. The largest absolute Gasteiger partial charge is 0.492 e. The van der Waals surface area contributed by atoms with Gasteiger partial charge in [-0.05, 0) is 44.4 Å². The molecule has 0 aliphatic heterocycles. The predicted octanol–water partition coefficient (Wildman–Crippen LogP) is 4.28. The zero-order valence-corrected chi connectivity index (χ0v) is 21.9. The van der Waals surface area contributed by atoms with Crippen LogP contribution in [-0.4, -0.2) is 58.2 Å². The van der Waals surface area contributed by atoms with E-state index in [9.17, 15) is 4.79 Å². The zero-order chi connectivity index (χ0) is 26.9. The van der Waals surface area contributed by atoms with Crippen LogP contribution >= 0.6 is 11.6 Å². The topological polar surface area (TPSA) is 118 Å². The molecule has 1 amide bonds. The van der Waals surface area contributed by atoms with Crippen molar-refractivity contribution in [1.29, 1.82) is 0 Å². The highest BCUT2D eigenvalue weighted by atomic mass is 35.5. The number of aromatic nitrogens is 4. The molecule has 11 heteroatoms. The molecule has 3 aromatic heterocycles. The van der Waals surface area contributed by atoms with E-state index in [0.29, 0.717) is 64.4 Å². The summed E-state index contributed by atoms with van der Waals surface area (Å²) in [6.07, 6.45) is 5.48. The molecule has 0 aliphatic rings. The molecule has 0 bridgehead atoms. The van der Waals surface area contributed by atoms with E-state index in [4.69, 9.17) is 20.9 Å². The summed E-state index contributed by atoms with van der Waals surface area (Å²) in [6.45, 7) is 4.93. The van der Waals surface area contributed by atoms with E-state index in [1.54, 1.807) is 30.6 Å². The van der Waals surface area contributed by atoms with Crippen LogP contribution in [0.15, 0.2) is 77.9 Å². The van der Waals surface area contributed by atoms with Gasteiger partial charge < -0.3 is 24.8 Å². The van der Waals surface area contributed by atoms with Gasteiger partial charge in [-0.25, -0.2) is 9.97 Å². The average molecular weight is 534 g/mol. The van der Waals surface area contributed by atoms with Crippen molar-refractivity contribution in [3.63, 3.8) is 0 Å². The van der Waals surface area contributed by atoms with Crippen molar-refractivity contribution in [1.82, 2.24) is 30.3 Å². The first kappa shape index (κ1) is 26.8. The van der Waals surface area contributed by atoms with Crippen molar-refractivity contribution in [2.45, 2.75) is 13.0 Å². The third-order valence-corrected chi connectivity index (χ3v) is 5.63. The van der Waals surface area contributed by atoms with Crippen molar-refractivity contribution in [3.05, 3.63) is 89.7 Å². The summed E-state index contributed by atoms with van der Waals surface area (Å²) in [7, 11) is 3.74. The van der Waals surface area contributed by atoms with Crippen molar-refractivity contribution in [2.75, 3.05) is 32.6 Å². The Kier molecular flexibility index (Phi) is 9.02. The highest BCUT2D eigenvalue weighted by molar-refractivity contribution is 6.32. The molecule has 2 N–H and O–H groups in total. The van der Waals surface area contributed by atoms with Crippen LogP contribution in [0.3, 0.4) is 0 Å². The summed E-state index contributed by atoms with van der Waals surface area (Å²) in [6, 6.07) is 12.9. The molecule has 0 aliphatic carbocycles. The van der Waals surface area contributed by atoms with Crippen LogP contribution in [0.2, 0.25) is 5.02 Å². The lowest BCUT2D eigenvalue weighted by molar-refractivity contribution is -0.117. The summed E-state index contributed by atoms with van der Waals surface area (Å²) in [5.74, 6) is 1.29. The standard InChI is InChI=1S/C27H28ClN7O3/c1-18(16-35(2)3)27(36)31-14-21-13-25(38-34-21)22-15-29-17-32-26(22)33-20-7-8-24(23(28)12-20)37-11-9-19-6-4-5-10-30-19/h4-8,10,12-13,15,17H,1,9,11,14,16H2,2-3H3,(H,31,36)(H,29,32,33). The number of hydrogen-bond donors (Lipinski definition) is 2. The first-order valence-corrected chi connectivity index (χ1v) is 12.2. The van der Waals surface area contributed by atoms with E-state index in [1.807, 2.05) is 43.3 Å². The quantitative estimate of drug-likeness (QED) is 0.257. The molecule has 196 valence electrons. The van der Waals surface area contributed by atoms with Crippen LogP contribution in [0, 0.1) is 0 Å². The molecular weight excluding hydrogens is 506 g/mol. The second kappa shape index (κ2) is 12.8. The molecule has 38 heavy (non-hydrogen) atoms. The second-order valence-electron chi connectivity index (χ2n) is 8.68. The van der Waals surface area contributed by atoms with Gasteiger partial charge in [0.25, 0.3) is 0 Å². The number of halogens is 1. The normalized spacial score (nSPS) is 10.8. The Labute approximate surface area is 225 Å². The number of rotatable bonds is 12. The van der Waals surface area contributed by atoms with E-state index < -0.39 is 0 Å². The van der Waals surface area contributed by atoms with E-state index in [0.717, 1.165) is 5.69 Å². The molecule has 0 unspecified atom stereocenters. The van der Waals surface area contributed by atoms with E-state index >= 15 is 0 Å². The fourth-order valence-electron chi connectivity index (χ4n) is 3.52. The third-order valence-electron chi connectivity index (χ3n) is 5.33.